The number of fused-ring (bicyclic) bond motifs is 1. The highest BCUT2D eigenvalue weighted by molar-refractivity contribution is 4.96. The van der Waals surface area contributed by atoms with Crippen LogP contribution in [0.2, 0.25) is 0 Å². The summed E-state index contributed by atoms with van der Waals surface area (Å²) in [7, 11) is 0. The van der Waals surface area contributed by atoms with Crippen molar-refractivity contribution in [1.82, 2.24) is 14.5 Å². The fourth-order valence-corrected chi connectivity index (χ4v) is 4.02. The zero-order chi connectivity index (χ0) is 15.0. The molecule has 0 radical (unpaired) electrons. The fourth-order valence-electron chi connectivity index (χ4n) is 4.02. The first-order chi connectivity index (χ1) is 10.1. The van der Waals surface area contributed by atoms with Crippen molar-refractivity contribution in [1.29, 1.82) is 0 Å². The number of nitrogens with zero attached hydrogens (tertiary/aromatic N) is 3. The van der Waals surface area contributed by atoms with E-state index in [1.54, 1.807) is 0 Å². The van der Waals surface area contributed by atoms with E-state index in [1.807, 2.05) is 6.20 Å². The number of aliphatic hydroxyl groups is 2. The van der Waals surface area contributed by atoms with E-state index in [9.17, 15) is 10.2 Å². The first kappa shape index (κ1) is 15.0. The molecule has 2 N–H and O–H groups in total. The maximum Gasteiger partial charge on any atom is 0.108 e. The normalized spacial score (nSPS) is 34.9. The number of likely N-dealkylation sites (tertiary alicyclic amines) is 1. The van der Waals surface area contributed by atoms with Crippen molar-refractivity contribution in [3.8, 4) is 0 Å². The van der Waals surface area contributed by atoms with Crippen LogP contribution in [0, 0.1) is 11.8 Å². The molecule has 5 atom stereocenters. The summed E-state index contributed by atoms with van der Waals surface area (Å²) in [6, 6.07) is 0.462. The molecule has 1 unspecified atom stereocenters. The minimum absolute atomic E-state index is 0.462. The Labute approximate surface area is 126 Å². The maximum atomic E-state index is 9.84. The van der Waals surface area contributed by atoms with Crippen LogP contribution in [-0.4, -0.2) is 56.0 Å². The second-order valence-corrected chi connectivity index (χ2v) is 6.78. The van der Waals surface area contributed by atoms with Crippen molar-refractivity contribution < 1.29 is 10.2 Å². The Balaban J connectivity index is 1.61. The first-order valence-electron chi connectivity index (χ1n) is 8.18. The van der Waals surface area contributed by atoms with Crippen LogP contribution >= 0.6 is 0 Å². The lowest BCUT2D eigenvalue weighted by atomic mass is 9.79. The standard InChI is InChI=1S/C16H27N3O2/c1-3-16-17-4-5-18(16)8-11(2)19-9-12-6-14(20)15(21)7-13(12)10-19/h4-5,11-15,20-21H,3,6-10H2,1-2H3/t11?,12-,13+,14+,15-. The highest BCUT2D eigenvalue weighted by atomic mass is 16.3. The van der Waals surface area contributed by atoms with E-state index in [2.05, 4.69) is 34.5 Å². The molecule has 0 amide bonds. The number of aliphatic hydroxyl groups excluding tert-OH is 2. The van der Waals surface area contributed by atoms with E-state index < -0.39 is 12.2 Å². The summed E-state index contributed by atoms with van der Waals surface area (Å²) in [6.07, 6.45) is 5.35. The van der Waals surface area contributed by atoms with Crippen LogP contribution in [0.1, 0.15) is 32.5 Å². The molecule has 3 rings (SSSR count). The van der Waals surface area contributed by atoms with Gasteiger partial charge in [-0.15, -0.1) is 0 Å². The summed E-state index contributed by atoms with van der Waals surface area (Å²) in [6.45, 7) is 7.46. The topological polar surface area (TPSA) is 61.5 Å². The Morgan fingerprint density at radius 1 is 1.24 bits per heavy atom. The van der Waals surface area contributed by atoms with Gasteiger partial charge in [0.1, 0.15) is 5.82 Å². The van der Waals surface area contributed by atoms with E-state index in [0.29, 0.717) is 17.9 Å². The summed E-state index contributed by atoms with van der Waals surface area (Å²) in [5, 5.41) is 19.7. The summed E-state index contributed by atoms with van der Waals surface area (Å²) < 4.78 is 2.25. The number of hydrogen-bond donors (Lipinski definition) is 2. The third kappa shape index (κ3) is 3.00. The lowest BCUT2D eigenvalue weighted by Gasteiger charge is -2.32. The largest absolute Gasteiger partial charge is 0.390 e. The smallest absolute Gasteiger partial charge is 0.108 e. The molecule has 1 saturated heterocycles. The molecule has 2 fully saturated rings. The molecule has 0 spiro atoms. The lowest BCUT2D eigenvalue weighted by molar-refractivity contribution is -0.0372. The summed E-state index contributed by atoms with van der Waals surface area (Å²) in [5.41, 5.74) is 0. The van der Waals surface area contributed by atoms with Crippen molar-refractivity contribution in [3.05, 3.63) is 18.2 Å². The average Bonchev–Trinajstić information content (AvgIpc) is 3.05. The Bertz CT molecular complexity index is 458. The van der Waals surface area contributed by atoms with Gasteiger partial charge in [-0.3, -0.25) is 4.90 Å². The minimum Gasteiger partial charge on any atom is -0.390 e. The molecule has 1 aliphatic heterocycles. The van der Waals surface area contributed by atoms with Crippen molar-refractivity contribution in [2.45, 2.75) is 57.9 Å². The predicted octanol–water partition coefficient (Wildman–Crippen LogP) is 0.898. The van der Waals surface area contributed by atoms with Crippen LogP contribution in [0.3, 0.4) is 0 Å². The minimum atomic E-state index is -0.526. The SMILES string of the molecule is CCc1nccn1CC(C)N1C[C@H]2C[C@H](O)[C@H](O)C[C@H]2C1. The van der Waals surface area contributed by atoms with Gasteiger partial charge in [-0.05, 0) is 31.6 Å². The Morgan fingerprint density at radius 3 is 2.43 bits per heavy atom. The highest BCUT2D eigenvalue weighted by Crippen LogP contribution is 2.37. The molecule has 1 aromatic rings. The van der Waals surface area contributed by atoms with Gasteiger partial charge in [0.15, 0.2) is 0 Å². The van der Waals surface area contributed by atoms with Gasteiger partial charge < -0.3 is 14.8 Å². The zero-order valence-electron chi connectivity index (χ0n) is 13.0. The van der Waals surface area contributed by atoms with Gasteiger partial charge in [0.05, 0.1) is 12.2 Å². The summed E-state index contributed by atoms with van der Waals surface area (Å²) in [4.78, 5) is 6.90. The van der Waals surface area contributed by atoms with Gasteiger partial charge in [-0.1, -0.05) is 6.92 Å². The van der Waals surface area contributed by atoms with Gasteiger partial charge in [-0.25, -0.2) is 4.98 Å². The molecular weight excluding hydrogens is 266 g/mol. The van der Waals surface area contributed by atoms with Crippen LogP contribution in [-0.2, 0) is 13.0 Å². The molecule has 5 nitrogen and oxygen atoms in total. The molecule has 2 heterocycles. The Morgan fingerprint density at radius 2 is 1.86 bits per heavy atom. The number of imidazole rings is 1. The van der Waals surface area contributed by atoms with Gasteiger partial charge in [0.2, 0.25) is 0 Å². The van der Waals surface area contributed by atoms with Crippen molar-refractivity contribution in [3.63, 3.8) is 0 Å². The number of aromatic nitrogens is 2. The van der Waals surface area contributed by atoms with E-state index in [-0.39, 0.29) is 0 Å². The number of hydrogen-bond acceptors (Lipinski definition) is 4. The molecule has 21 heavy (non-hydrogen) atoms. The Hall–Kier alpha value is -0.910. The van der Waals surface area contributed by atoms with Crippen LogP contribution in [0.5, 0.6) is 0 Å². The Kier molecular flexibility index (Phi) is 4.33. The second-order valence-electron chi connectivity index (χ2n) is 6.78. The maximum absolute atomic E-state index is 9.84. The van der Waals surface area contributed by atoms with E-state index in [1.165, 1.54) is 0 Å². The van der Waals surface area contributed by atoms with Crippen LogP contribution in [0.15, 0.2) is 12.4 Å². The summed E-state index contributed by atoms with van der Waals surface area (Å²) >= 11 is 0. The quantitative estimate of drug-likeness (QED) is 0.866. The molecule has 5 heteroatoms. The molecule has 0 aromatic carbocycles. The fraction of sp³-hybridized carbons (Fsp3) is 0.812. The average molecular weight is 293 g/mol. The molecule has 1 aliphatic carbocycles. The molecule has 118 valence electrons. The van der Waals surface area contributed by atoms with Crippen molar-refractivity contribution >= 4 is 0 Å². The zero-order valence-corrected chi connectivity index (χ0v) is 13.0. The number of aryl methyl sites for hydroxylation is 1. The lowest BCUT2D eigenvalue weighted by Crippen LogP contribution is -2.38. The van der Waals surface area contributed by atoms with E-state index in [4.69, 9.17) is 0 Å². The molecule has 0 bridgehead atoms. The molecule has 1 aromatic heterocycles. The van der Waals surface area contributed by atoms with Gasteiger partial charge in [0, 0.05) is 44.5 Å². The second kappa shape index (κ2) is 6.07. The third-order valence-electron chi connectivity index (χ3n) is 5.34. The van der Waals surface area contributed by atoms with Crippen LogP contribution in [0.4, 0.5) is 0 Å². The predicted molar refractivity (Wildman–Crippen MR) is 80.9 cm³/mol. The van der Waals surface area contributed by atoms with Crippen molar-refractivity contribution in [2.24, 2.45) is 11.8 Å². The number of rotatable bonds is 4. The monoisotopic (exact) mass is 293 g/mol. The van der Waals surface area contributed by atoms with Crippen LogP contribution in [0.25, 0.3) is 0 Å². The summed E-state index contributed by atoms with van der Waals surface area (Å²) in [5.74, 6) is 2.22. The van der Waals surface area contributed by atoms with Crippen molar-refractivity contribution in [2.75, 3.05) is 13.1 Å². The molecular formula is C16H27N3O2. The van der Waals surface area contributed by atoms with Gasteiger partial charge >= 0.3 is 0 Å². The highest BCUT2D eigenvalue weighted by Gasteiger charge is 2.42. The third-order valence-corrected chi connectivity index (χ3v) is 5.34. The molecule has 1 saturated carbocycles. The van der Waals surface area contributed by atoms with Crippen LogP contribution < -0.4 is 0 Å². The van der Waals surface area contributed by atoms with Gasteiger partial charge in [0.25, 0.3) is 0 Å². The molecule has 2 aliphatic rings. The first-order valence-corrected chi connectivity index (χ1v) is 8.18. The van der Waals surface area contributed by atoms with Gasteiger partial charge in [-0.2, -0.15) is 0 Å². The van der Waals surface area contributed by atoms with E-state index in [0.717, 1.165) is 44.7 Å². The van der Waals surface area contributed by atoms with E-state index >= 15 is 0 Å².